The van der Waals surface area contributed by atoms with E-state index in [9.17, 15) is 4.79 Å². The largest absolute Gasteiger partial charge is 0.308 e. The highest BCUT2D eigenvalue weighted by atomic mass is 16.1. The third-order valence-corrected chi connectivity index (χ3v) is 5.27. The molecule has 0 amide bonds. The molecule has 0 spiro atoms. The van der Waals surface area contributed by atoms with Crippen LogP contribution in [0.3, 0.4) is 0 Å². The quantitative estimate of drug-likeness (QED) is 0.538. The Bertz CT molecular complexity index is 1090. The predicted molar refractivity (Wildman–Crippen MR) is 108 cm³/mol. The molecular weight excluding hydrogens is 350 g/mol. The lowest BCUT2D eigenvalue weighted by molar-refractivity contribution is -0.120. The van der Waals surface area contributed by atoms with Crippen molar-refractivity contribution in [3.8, 4) is 0 Å². The minimum atomic E-state index is 0.167. The van der Waals surface area contributed by atoms with Gasteiger partial charge in [-0.25, -0.2) is 19.9 Å². The molecule has 6 heteroatoms. The van der Waals surface area contributed by atoms with Gasteiger partial charge < -0.3 is 4.90 Å². The van der Waals surface area contributed by atoms with E-state index in [1.54, 1.807) is 12.4 Å². The van der Waals surface area contributed by atoms with Gasteiger partial charge in [-0.05, 0) is 61.4 Å². The van der Waals surface area contributed by atoms with Crippen molar-refractivity contribution in [2.75, 3.05) is 4.90 Å². The molecule has 4 aromatic heterocycles. The van der Waals surface area contributed by atoms with Crippen molar-refractivity contribution in [3.63, 3.8) is 0 Å². The molecule has 0 aliphatic heterocycles. The molecule has 138 valence electrons. The van der Waals surface area contributed by atoms with Gasteiger partial charge in [0.05, 0.1) is 0 Å². The van der Waals surface area contributed by atoms with Crippen molar-refractivity contribution >= 4 is 39.5 Å². The molecule has 4 aromatic rings. The van der Waals surface area contributed by atoms with E-state index in [0.29, 0.717) is 29.9 Å². The normalized spacial score (nSPS) is 15.2. The van der Waals surface area contributed by atoms with Crippen molar-refractivity contribution < 1.29 is 4.79 Å². The lowest BCUT2D eigenvalue weighted by atomic mass is 9.93. The van der Waals surface area contributed by atoms with Crippen LogP contribution in [0.25, 0.3) is 22.1 Å². The Balaban J connectivity index is 1.63. The molecule has 1 fully saturated rings. The summed E-state index contributed by atoms with van der Waals surface area (Å²) in [5.74, 6) is 1.93. The zero-order valence-corrected chi connectivity index (χ0v) is 15.3. The fraction of sp³-hybridized carbons (Fsp3) is 0.227. The number of hydrogen-bond donors (Lipinski definition) is 0. The predicted octanol–water partition coefficient (Wildman–Crippen LogP) is 4.22. The Morgan fingerprint density at radius 2 is 1.29 bits per heavy atom. The summed E-state index contributed by atoms with van der Waals surface area (Å²) in [5.41, 5.74) is 1.41. The maximum Gasteiger partial charge on any atom is 0.161 e. The molecular formula is C22H19N5O. The molecule has 28 heavy (non-hydrogen) atoms. The fourth-order valence-electron chi connectivity index (χ4n) is 3.83. The van der Waals surface area contributed by atoms with Gasteiger partial charge in [0.1, 0.15) is 17.4 Å². The number of fused-ring (bicyclic) bond motifs is 2. The Morgan fingerprint density at radius 3 is 1.82 bits per heavy atom. The van der Waals surface area contributed by atoms with Crippen LogP contribution in [-0.4, -0.2) is 31.8 Å². The molecule has 0 saturated heterocycles. The molecule has 0 N–H and O–H groups in total. The van der Waals surface area contributed by atoms with E-state index in [1.165, 1.54) is 0 Å². The van der Waals surface area contributed by atoms with Gasteiger partial charge in [0.15, 0.2) is 11.3 Å². The Labute approximate surface area is 162 Å². The van der Waals surface area contributed by atoms with Crippen LogP contribution in [0.2, 0.25) is 0 Å². The zero-order valence-electron chi connectivity index (χ0n) is 15.3. The van der Waals surface area contributed by atoms with E-state index in [2.05, 4.69) is 14.9 Å². The number of carbonyl (C=O) groups is 1. The van der Waals surface area contributed by atoms with Gasteiger partial charge in [0, 0.05) is 42.0 Å². The fourth-order valence-corrected chi connectivity index (χ4v) is 3.83. The van der Waals surface area contributed by atoms with Crippen LogP contribution in [-0.2, 0) is 4.79 Å². The standard InChI is InChI=1S/C22H19N5O/c28-18-9-7-17(8-10-18)27(19-11-5-15-3-1-13-23-21(15)25-19)20-12-6-16-4-2-14-24-22(16)26-20/h1-6,11-14,17H,7-10H2. The second-order valence-electron chi connectivity index (χ2n) is 7.08. The lowest BCUT2D eigenvalue weighted by Crippen LogP contribution is -2.36. The summed E-state index contributed by atoms with van der Waals surface area (Å²) in [6.45, 7) is 0. The molecule has 1 aliphatic carbocycles. The number of hydrogen-bond acceptors (Lipinski definition) is 6. The van der Waals surface area contributed by atoms with Gasteiger partial charge >= 0.3 is 0 Å². The number of rotatable bonds is 3. The number of ketones is 1. The third kappa shape index (κ3) is 3.07. The Hall–Kier alpha value is -3.41. The van der Waals surface area contributed by atoms with E-state index in [-0.39, 0.29) is 6.04 Å². The molecule has 6 nitrogen and oxygen atoms in total. The highest BCUT2D eigenvalue weighted by molar-refractivity contribution is 5.81. The summed E-state index contributed by atoms with van der Waals surface area (Å²) >= 11 is 0. The smallest absolute Gasteiger partial charge is 0.161 e. The monoisotopic (exact) mass is 369 g/mol. The van der Waals surface area contributed by atoms with Gasteiger partial charge in [-0.15, -0.1) is 0 Å². The molecule has 0 bridgehead atoms. The van der Waals surface area contributed by atoms with Crippen LogP contribution in [0, 0.1) is 0 Å². The van der Waals surface area contributed by atoms with Crippen LogP contribution < -0.4 is 4.90 Å². The first kappa shape index (κ1) is 16.7. The van der Waals surface area contributed by atoms with E-state index < -0.39 is 0 Å². The lowest BCUT2D eigenvalue weighted by Gasteiger charge is -2.34. The molecule has 1 saturated carbocycles. The molecule has 0 aromatic carbocycles. The first-order valence-corrected chi connectivity index (χ1v) is 9.52. The second kappa shape index (κ2) is 6.96. The number of Topliss-reactive ketones (excluding diaryl/α,β-unsaturated/α-hetero) is 1. The van der Waals surface area contributed by atoms with Crippen molar-refractivity contribution in [2.45, 2.75) is 31.7 Å². The third-order valence-electron chi connectivity index (χ3n) is 5.27. The number of anilines is 2. The average Bonchev–Trinajstić information content (AvgIpc) is 2.75. The van der Waals surface area contributed by atoms with Crippen LogP contribution >= 0.6 is 0 Å². The Morgan fingerprint density at radius 1 is 0.750 bits per heavy atom. The van der Waals surface area contributed by atoms with Crippen molar-refractivity contribution in [2.24, 2.45) is 0 Å². The summed E-state index contributed by atoms with van der Waals surface area (Å²) in [6, 6.07) is 16.1. The van der Waals surface area contributed by atoms with Crippen molar-refractivity contribution in [1.82, 2.24) is 19.9 Å². The van der Waals surface area contributed by atoms with Gasteiger partial charge in [-0.1, -0.05) is 0 Å². The first-order valence-electron chi connectivity index (χ1n) is 9.52. The van der Waals surface area contributed by atoms with E-state index in [0.717, 1.165) is 35.2 Å². The maximum absolute atomic E-state index is 11.8. The highest BCUT2D eigenvalue weighted by Crippen LogP contribution is 2.32. The molecule has 1 aliphatic rings. The molecule has 0 radical (unpaired) electrons. The summed E-state index contributed by atoms with van der Waals surface area (Å²) in [6.07, 6.45) is 6.28. The minimum Gasteiger partial charge on any atom is -0.308 e. The summed E-state index contributed by atoms with van der Waals surface area (Å²) in [5, 5.41) is 2.00. The summed E-state index contributed by atoms with van der Waals surface area (Å²) in [7, 11) is 0. The number of carbonyl (C=O) groups excluding carboxylic acids is 1. The molecule has 0 atom stereocenters. The highest BCUT2D eigenvalue weighted by Gasteiger charge is 2.28. The number of pyridine rings is 4. The van der Waals surface area contributed by atoms with E-state index in [4.69, 9.17) is 9.97 Å². The topological polar surface area (TPSA) is 71.9 Å². The summed E-state index contributed by atoms with van der Waals surface area (Å²) in [4.78, 5) is 32.3. The average molecular weight is 369 g/mol. The number of nitrogens with zero attached hydrogens (tertiary/aromatic N) is 5. The van der Waals surface area contributed by atoms with Crippen molar-refractivity contribution in [1.29, 1.82) is 0 Å². The van der Waals surface area contributed by atoms with Gasteiger partial charge in [-0.2, -0.15) is 0 Å². The first-order chi connectivity index (χ1) is 13.8. The SMILES string of the molecule is O=C1CCC(N(c2ccc3cccnc3n2)c2ccc3cccnc3n2)CC1. The zero-order chi connectivity index (χ0) is 18.9. The van der Waals surface area contributed by atoms with Crippen LogP contribution in [0.4, 0.5) is 11.6 Å². The Kier molecular flexibility index (Phi) is 4.16. The maximum atomic E-state index is 11.8. The van der Waals surface area contributed by atoms with E-state index >= 15 is 0 Å². The molecule has 0 unspecified atom stereocenters. The minimum absolute atomic E-state index is 0.167. The van der Waals surface area contributed by atoms with Crippen molar-refractivity contribution in [3.05, 3.63) is 60.9 Å². The summed E-state index contributed by atoms with van der Waals surface area (Å²) < 4.78 is 0. The van der Waals surface area contributed by atoms with Crippen LogP contribution in [0.5, 0.6) is 0 Å². The molecule has 4 heterocycles. The second-order valence-corrected chi connectivity index (χ2v) is 7.08. The van der Waals surface area contributed by atoms with Gasteiger partial charge in [0.25, 0.3) is 0 Å². The van der Waals surface area contributed by atoms with E-state index in [1.807, 2.05) is 48.5 Å². The van der Waals surface area contributed by atoms with Crippen LogP contribution in [0.15, 0.2) is 60.9 Å². The van der Waals surface area contributed by atoms with Crippen LogP contribution in [0.1, 0.15) is 25.7 Å². The van der Waals surface area contributed by atoms with Gasteiger partial charge in [-0.3, -0.25) is 4.79 Å². The number of aromatic nitrogens is 4. The molecule has 5 rings (SSSR count). The van der Waals surface area contributed by atoms with Gasteiger partial charge in [0.2, 0.25) is 0 Å².